The van der Waals surface area contributed by atoms with E-state index in [0.29, 0.717) is 31.7 Å². The van der Waals surface area contributed by atoms with E-state index in [1.807, 2.05) is 26.8 Å². The Balaban J connectivity index is 1.94. The lowest BCUT2D eigenvalue weighted by atomic mass is 9.79. The zero-order valence-corrected chi connectivity index (χ0v) is 14.7. The molecular formula is C17H23BN2O5. The van der Waals surface area contributed by atoms with Crippen molar-refractivity contribution in [3.63, 3.8) is 0 Å². The number of carbonyl (C=O) groups is 1. The Morgan fingerprint density at radius 2 is 1.96 bits per heavy atom. The maximum absolute atomic E-state index is 12.1. The summed E-state index contributed by atoms with van der Waals surface area (Å²) in [6, 6.07) is 6.47. The van der Waals surface area contributed by atoms with Crippen LogP contribution in [0.2, 0.25) is 0 Å². The molecule has 0 bridgehead atoms. The highest BCUT2D eigenvalue weighted by atomic mass is 16.6. The van der Waals surface area contributed by atoms with Gasteiger partial charge in [-0.25, -0.2) is 4.79 Å². The third-order valence-electron chi connectivity index (χ3n) is 3.81. The van der Waals surface area contributed by atoms with E-state index in [9.17, 15) is 20.1 Å². The van der Waals surface area contributed by atoms with Crippen LogP contribution in [0.3, 0.4) is 0 Å². The van der Waals surface area contributed by atoms with Crippen molar-refractivity contribution in [1.29, 1.82) is 5.26 Å². The van der Waals surface area contributed by atoms with Crippen LogP contribution in [0.1, 0.15) is 39.2 Å². The van der Waals surface area contributed by atoms with Gasteiger partial charge in [0, 0.05) is 25.9 Å². The maximum atomic E-state index is 12.1. The van der Waals surface area contributed by atoms with Crippen molar-refractivity contribution in [2.45, 2.75) is 45.3 Å². The van der Waals surface area contributed by atoms with E-state index in [4.69, 9.17) is 9.47 Å². The lowest BCUT2D eigenvalue weighted by Gasteiger charge is -2.33. The summed E-state index contributed by atoms with van der Waals surface area (Å²) in [5.74, 6) is 0.405. The van der Waals surface area contributed by atoms with Crippen LogP contribution in [0.5, 0.6) is 5.75 Å². The first-order valence-corrected chi connectivity index (χ1v) is 8.24. The molecule has 1 amide bonds. The number of likely N-dealkylation sites (tertiary alicyclic amines) is 1. The molecule has 0 unspecified atom stereocenters. The van der Waals surface area contributed by atoms with Gasteiger partial charge in [0.2, 0.25) is 0 Å². The van der Waals surface area contributed by atoms with Gasteiger partial charge in [-0.2, -0.15) is 5.26 Å². The van der Waals surface area contributed by atoms with Crippen LogP contribution < -0.4 is 10.2 Å². The molecule has 25 heavy (non-hydrogen) atoms. The molecule has 1 fully saturated rings. The van der Waals surface area contributed by atoms with Crippen LogP contribution in [0.25, 0.3) is 0 Å². The maximum Gasteiger partial charge on any atom is 0.488 e. The number of carbonyl (C=O) groups excluding carboxylic acids is 1. The Morgan fingerprint density at radius 1 is 1.32 bits per heavy atom. The van der Waals surface area contributed by atoms with Crippen molar-refractivity contribution in [3.05, 3.63) is 23.8 Å². The van der Waals surface area contributed by atoms with Crippen molar-refractivity contribution < 1.29 is 24.3 Å². The van der Waals surface area contributed by atoms with Gasteiger partial charge < -0.3 is 24.4 Å². The minimum atomic E-state index is -1.63. The Morgan fingerprint density at radius 3 is 2.48 bits per heavy atom. The minimum absolute atomic E-state index is 0.115. The van der Waals surface area contributed by atoms with Gasteiger partial charge in [0.1, 0.15) is 23.5 Å². The summed E-state index contributed by atoms with van der Waals surface area (Å²) in [7, 11) is -1.63. The van der Waals surface area contributed by atoms with Gasteiger partial charge in [-0.1, -0.05) is 6.07 Å². The molecule has 0 saturated carbocycles. The number of nitriles is 1. The molecule has 1 saturated heterocycles. The fourth-order valence-corrected chi connectivity index (χ4v) is 2.56. The topological polar surface area (TPSA) is 103 Å². The summed E-state index contributed by atoms with van der Waals surface area (Å²) in [5.41, 5.74) is -0.0330. The van der Waals surface area contributed by atoms with E-state index in [1.165, 1.54) is 12.1 Å². The molecule has 2 N–H and O–H groups in total. The quantitative estimate of drug-likeness (QED) is 0.792. The minimum Gasteiger partial charge on any atom is -0.489 e. The number of rotatable bonds is 3. The Kier molecular flexibility index (Phi) is 5.93. The monoisotopic (exact) mass is 346 g/mol. The molecule has 1 aliphatic heterocycles. The summed E-state index contributed by atoms with van der Waals surface area (Å²) < 4.78 is 11.2. The summed E-state index contributed by atoms with van der Waals surface area (Å²) in [4.78, 5) is 13.7. The predicted octanol–water partition coefficient (Wildman–Crippen LogP) is 1.02. The molecule has 1 heterocycles. The molecule has 8 heteroatoms. The van der Waals surface area contributed by atoms with Crippen molar-refractivity contribution in [2.75, 3.05) is 13.1 Å². The fraction of sp³-hybridized carbons (Fsp3) is 0.529. The van der Waals surface area contributed by atoms with Gasteiger partial charge in [0.25, 0.3) is 0 Å². The lowest BCUT2D eigenvalue weighted by molar-refractivity contribution is 0.0126. The molecule has 1 aromatic carbocycles. The van der Waals surface area contributed by atoms with E-state index >= 15 is 0 Å². The first kappa shape index (κ1) is 19.1. The summed E-state index contributed by atoms with van der Waals surface area (Å²) >= 11 is 0. The standard InChI is InChI=1S/C17H23BN2O5/c1-17(2,3)25-16(21)20-8-6-14(7-9-20)24-15-5-4-13(18(22)23)10-12(15)11-19/h4-5,10,14,22-23H,6-9H2,1-3H3. The number of nitrogens with zero attached hydrogens (tertiary/aromatic N) is 2. The van der Waals surface area contributed by atoms with Crippen molar-refractivity contribution in [3.8, 4) is 11.8 Å². The average Bonchev–Trinajstić information content (AvgIpc) is 2.54. The molecule has 2 rings (SSSR count). The third-order valence-corrected chi connectivity index (χ3v) is 3.81. The molecule has 0 atom stereocenters. The Labute approximate surface area is 147 Å². The second-order valence-corrected chi connectivity index (χ2v) is 7.03. The summed E-state index contributed by atoms with van der Waals surface area (Å²) in [5, 5.41) is 27.6. The van der Waals surface area contributed by atoms with Crippen LogP contribution >= 0.6 is 0 Å². The Bertz CT molecular complexity index is 658. The van der Waals surface area contributed by atoms with E-state index < -0.39 is 12.7 Å². The molecule has 1 aliphatic rings. The number of amides is 1. The van der Waals surface area contributed by atoms with Gasteiger partial charge in [0.05, 0.1) is 5.56 Å². The number of benzene rings is 1. The highest BCUT2D eigenvalue weighted by molar-refractivity contribution is 6.58. The molecule has 0 spiro atoms. The highest BCUT2D eigenvalue weighted by Gasteiger charge is 2.28. The van der Waals surface area contributed by atoms with Gasteiger partial charge in [-0.15, -0.1) is 0 Å². The van der Waals surface area contributed by atoms with E-state index in [0.717, 1.165) is 0 Å². The molecule has 0 aromatic heterocycles. The number of hydrogen-bond donors (Lipinski definition) is 2. The average molecular weight is 346 g/mol. The van der Waals surface area contributed by atoms with Crippen LogP contribution in [0.15, 0.2) is 18.2 Å². The smallest absolute Gasteiger partial charge is 0.488 e. The van der Waals surface area contributed by atoms with E-state index in [2.05, 4.69) is 0 Å². The van der Waals surface area contributed by atoms with E-state index in [1.54, 1.807) is 11.0 Å². The third kappa shape index (κ3) is 5.38. The van der Waals surface area contributed by atoms with Crippen LogP contribution in [0, 0.1) is 11.3 Å². The molecule has 7 nitrogen and oxygen atoms in total. The summed E-state index contributed by atoms with van der Waals surface area (Å²) in [6.45, 7) is 6.54. The molecule has 0 aliphatic carbocycles. The number of hydrogen-bond acceptors (Lipinski definition) is 6. The highest BCUT2D eigenvalue weighted by Crippen LogP contribution is 2.23. The van der Waals surface area contributed by atoms with Gasteiger partial charge in [-0.05, 0) is 38.4 Å². The predicted molar refractivity (Wildman–Crippen MR) is 92.4 cm³/mol. The Hall–Kier alpha value is -2.24. The molecule has 134 valence electrons. The van der Waals surface area contributed by atoms with Gasteiger partial charge in [0.15, 0.2) is 0 Å². The van der Waals surface area contributed by atoms with Crippen LogP contribution in [-0.4, -0.2) is 53.0 Å². The molecular weight excluding hydrogens is 323 g/mol. The normalized spacial score (nSPS) is 15.4. The summed E-state index contributed by atoms with van der Waals surface area (Å²) in [6.07, 6.45) is 0.823. The van der Waals surface area contributed by atoms with Crippen molar-refractivity contribution in [1.82, 2.24) is 4.90 Å². The van der Waals surface area contributed by atoms with Crippen LogP contribution in [0.4, 0.5) is 4.79 Å². The lowest BCUT2D eigenvalue weighted by Crippen LogP contribution is -2.44. The second-order valence-electron chi connectivity index (χ2n) is 7.03. The van der Waals surface area contributed by atoms with Gasteiger partial charge in [-0.3, -0.25) is 0 Å². The first-order chi connectivity index (χ1) is 11.7. The molecule has 0 radical (unpaired) electrons. The second kappa shape index (κ2) is 7.76. The molecule has 1 aromatic rings. The van der Waals surface area contributed by atoms with Crippen LogP contribution in [-0.2, 0) is 4.74 Å². The van der Waals surface area contributed by atoms with E-state index in [-0.39, 0.29) is 23.2 Å². The SMILES string of the molecule is CC(C)(C)OC(=O)N1CCC(Oc2ccc(B(O)O)cc2C#N)CC1. The number of ether oxygens (including phenoxy) is 2. The van der Waals surface area contributed by atoms with Gasteiger partial charge >= 0.3 is 13.2 Å². The number of piperidine rings is 1. The van der Waals surface area contributed by atoms with Crippen molar-refractivity contribution >= 4 is 18.7 Å². The zero-order chi connectivity index (χ0) is 18.6. The zero-order valence-electron chi connectivity index (χ0n) is 14.7. The first-order valence-electron chi connectivity index (χ1n) is 8.24. The largest absolute Gasteiger partial charge is 0.489 e. The fourth-order valence-electron chi connectivity index (χ4n) is 2.56. The van der Waals surface area contributed by atoms with Crippen molar-refractivity contribution in [2.24, 2.45) is 0 Å².